The van der Waals surface area contributed by atoms with Crippen molar-refractivity contribution in [3.8, 4) is 0 Å². The minimum atomic E-state index is -0.242. The van der Waals surface area contributed by atoms with Crippen LogP contribution in [0, 0.1) is 0 Å². The molecule has 31 heavy (non-hydrogen) atoms. The van der Waals surface area contributed by atoms with Gasteiger partial charge in [0.1, 0.15) is 5.70 Å². The van der Waals surface area contributed by atoms with Crippen molar-refractivity contribution in [2.75, 3.05) is 6.54 Å². The largest absolute Gasteiger partial charge is 0.351 e. The molecule has 0 heterocycles. The van der Waals surface area contributed by atoms with Crippen molar-refractivity contribution in [2.24, 2.45) is 0 Å². The fourth-order valence-electron chi connectivity index (χ4n) is 3.68. The molecule has 4 heteroatoms. The monoisotopic (exact) mass is 428 g/mol. The van der Waals surface area contributed by atoms with Gasteiger partial charge in [-0.15, -0.1) is 0 Å². The molecular formula is C27H44N2O2. The van der Waals surface area contributed by atoms with E-state index in [4.69, 9.17) is 0 Å². The van der Waals surface area contributed by atoms with Gasteiger partial charge in [0.15, 0.2) is 0 Å². The van der Waals surface area contributed by atoms with Crippen LogP contribution in [0.15, 0.2) is 36.0 Å². The van der Waals surface area contributed by atoms with Crippen LogP contribution < -0.4 is 10.6 Å². The van der Waals surface area contributed by atoms with Crippen LogP contribution in [0.4, 0.5) is 0 Å². The molecule has 0 bridgehead atoms. The van der Waals surface area contributed by atoms with E-state index in [0.29, 0.717) is 12.2 Å². The van der Waals surface area contributed by atoms with Crippen molar-refractivity contribution in [3.05, 3.63) is 41.6 Å². The zero-order chi connectivity index (χ0) is 22.6. The van der Waals surface area contributed by atoms with E-state index < -0.39 is 0 Å². The van der Waals surface area contributed by atoms with Gasteiger partial charge in [0.2, 0.25) is 5.91 Å². The lowest BCUT2D eigenvalue weighted by atomic mass is 10.0. The summed E-state index contributed by atoms with van der Waals surface area (Å²) in [5.41, 5.74) is 1.18. The number of carbonyl (C=O) groups excluding carboxylic acids is 2. The molecule has 0 atom stereocenters. The second-order valence-electron chi connectivity index (χ2n) is 8.50. The van der Waals surface area contributed by atoms with E-state index in [0.717, 1.165) is 18.4 Å². The molecule has 0 radical (unpaired) electrons. The van der Waals surface area contributed by atoms with E-state index in [1.807, 2.05) is 30.3 Å². The van der Waals surface area contributed by atoms with Crippen LogP contribution >= 0.6 is 0 Å². The van der Waals surface area contributed by atoms with Gasteiger partial charge in [-0.25, -0.2) is 0 Å². The van der Waals surface area contributed by atoms with Crippen LogP contribution in [0.25, 0.3) is 6.08 Å². The third-order valence-electron chi connectivity index (χ3n) is 5.48. The molecule has 2 amide bonds. The van der Waals surface area contributed by atoms with Gasteiger partial charge < -0.3 is 10.6 Å². The lowest BCUT2D eigenvalue weighted by Crippen LogP contribution is -2.34. The first kappa shape index (κ1) is 26.9. The Labute approximate surface area is 190 Å². The van der Waals surface area contributed by atoms with Gasteiger partial charge in [-0.1, -0.05) is 121 Å². The normalized spacial score (nSPS) is 11.4. The fourth-order valence-corrected chi connectivity index (χ4v) is 3.68. The van der Waals surface area contributed by atoms with Gasteiger partial charge in [-0.05, 0) is 18.1 Å². The Balaban J connectivity index is 2.06. The van der Waals surface area contributed by atoms with Crippen LogP contribution in [-0.2, 0) is 9.59 Å². The molecule has 0 saturated heterocycles. The third-order valence-corrected chi connectivity index (χ3v) is 5.48. The predicted molar refractivity (Wildman–Crippen MR) is 132 cm³/mol. The number of hydrogen-bond donors (Lipinski definition) is 2. The second-order valence-corrected chi connectivity index (χ2v) is 8.50. The number of rotatable bonds is 18. The maximum absolute atomic E-state index is 12.4. The van der Waals surface area contributed by atoms with Gasteiger partial charge in [-0.3, -0.25) is 9.59 Å². The highest BCUT2D eigenvalue weighted by Gasteiger charge is 2.10. The maximum Gasteiger partial charge on any atom is 0.267 e. The molecule has 0 aliphatic carbocycles. The van der Waals surface area contributed by atoms with E-state index in [1.165, 1.54) is 84.0 Å². The first-order valence-electron chi connectivity index (χ1n) is 12.5. The first-order valence-corrected chi connectivity index (χ1v) is 12.5. The summed E-state index contributed by atoms with van der Waals surface area (Å²) in [4.78, 5) is 23.9. The van der Waals surface area contributed by atoms with E-state index in [2.05, 4.69) is 17.6 Å². The Morgan fingerprint density at radius 3 is 1.71 bits per heavy atom. The molecule has 0 saturated carbocycles. The average Bonchev–Trinajstić information content (AvgIpc) is 2.76. The Morgan fingerprint density at radius 2 is 1.23 bits per heavy atom. The highest BCUT2D eigenvalue weighted by atomic mass is 16.2. The van der Waals surface area contributed by atoms with Gasteiger partial charge in [0, 0.05) is 13.5 Å². The van der Waals surface area contributed by atoms with Crippen LogP contribution in [0.3, 0.4) is 0 Å². The number of amides is 2. The molecule has 1 rings (SSSR count). The second kappa shape index (κ2) is 18.7. The van der Waals surface area contributed by atoms with Gasteiger partial charge in [0.25, 0.3) is 5.91 Å². The molecule has 0 aliphatic rings. The number of carbonyl (C=O) groups is 2. The molecule has 0 aliphatic heterocycles. The van der Waals surface area contributed by atoms with Crippen molar-refractivity contribution < 1.29 is 9.59 Å². The summed E-state index contributed by atoms with van der Waals surface area (Å²) in [5.74, 6) is -0.470. The van der Waals surface area contributed by atoms with Crippen molar-refractivity contribution in [2.45, 2.75) is 104 Å². The van der Waals surface area contributed by atoms with Gasteiger partial charge in [-0.2, -0.15) is 0 Å². The standard InChI is InChI=1S/C27H44N2O2/c1-3-4-5-6-7-8-9-10-11-12-13-14-15-19-22-28-27(31)26(29-24(2)30)23-25-20-17-16-18-21-25/h16-18,20-21,23H,3-15,19,22H2,1-2H3,(H,28,31)(H,29,30). The van der Waals surface area contributed by atoms with Gasteiger partial charge >= 0.3 is 0 Å². The minimum Gasteiger partial charge on any atom is -0.351 e. The molecule has 1 aromatic carbocycles. The van der Waals surface area contributed by atoms with Crippen LogP contribution in [0.5, 0.6) is 0 Å². The fraction of sp³-hybridized carbons (Fsp3) is 0.630. The van der Waals surface area contributed by atoms with Crippen molar-refractivity contribution in [1.29, 1.82) is 0 Å². The van der Waals surface area contributed by atoms with Crippen LogP contribution in [0.1, 0.15) is 109 Å². The summed E-state index contributed by atoms with van der Waals surface area (Å²) in [6.07, 6.45) is 20.2. The zero-order valence-electron chi connectivity index (χ0n) is 19.9. The van der Waals surface area contributed by atoms with E-state index in [1.54, 1.807) is 6.08 Å². The molecule has 0 unspecified atom stereocenters. The number of nitrogens with one attached hydrogen (secondary N) is 2. The quantitative estimate of drug-likeness (QED) is 0.200. The summed E-state index contributed by atoms with van der Waals surface area (Å²) in [6, 6.07) is 9.55. The van der Waals surface area contributed by atoms with Crippen molar-refractivity contribution >= 4 is 17.9 Å². The zero-order valence-corrected chi connectivity index (χ0v) is 19.9. The SMILES string of the molecule is CCCCCCCCCCCCCCCCNC(=O)C(=Cc1ccccc1)NC(C)=O. The van der Waals surface area contributed by atoms with Crippen LogP contribution in [0.2, 0.25) is 0 Å². The molecule has 1 aromatic rings. The topological polar surface area (TPSA) is 58.2 Å². The predicted octanol–water partition coefficient (Wildman–Crippen LogP) is 6.76. The van der Waals surface area contributed by atoms with Crippen LogP contribution in [-0.4, -0.2) is 18.4 Å². The summed E-state index contributed by atoms with van der Waals surface area (Å²) >= 11 is 0. The molecular weight excluding hydrogens is 384 g/mol. The highest BCUT2D eigenvalue weighted by molar-refractivity contribution is 6.00. The van der Waals surface area contributed by atoms with Gasteiger partial charge in [0.05, 0.1) is 0 Å². The van der Waals surface area contributed by atoms with E-state index in [-0.39, 0.29) is 11.8 Å². The Bertz CT molecular complexity index is 625. The smallest absolute Gasteiger partial charge is 0.267 e. The molecule has 4 nitrogen and oxygen atoms in total. The van der Waals surface area contributed by atoms with Crippen molar-refractivity contribution in [3.63, 3.8) is 0 Å². The molecule has 0 aromatic heterocycles. The maximum atomic E-state index is 12.4. The number of hydrogen-bond acceptors (Lipinski definition) is 2. The number of benzene rings is 1. The lowest BCUT2D eigenvalue weighted by molar-refractivity contribution is -0.122. The Hall–Kier alpha value is -2.10. The number of unbranched alkanes of at least 4 members (excludes halogenated alkanes) is 13. The van der Waals surface area contributed by atoms with E-state index in [9.17, 15) is 9.59 Å². The Morgan fingerprint density at radius 1 is 0.742 bits per heavy atom. The summed E-state index contributed by atoms with van der Waals surface area (Å²) < 4.78 is 0. The lowest BCUT2D eigenvalue weighted by Gasteiger charge is -2.10. The summed E-state index contributed by atoms with van der Waals surface area (Å²) in [5, 5.41) is 5.57. The molecule has 0 spiro atoms. The molecule has 174 valence electrons. The van der Waals surface area contributed by atoms with E-state index >= 15 is 0 Å². The molecule has 2 N–H and O–H groups in total. The minimum absolute atomic E-state index is 0.228. The Kier molecular flexibility index (Phi) is 16.2. The van der Waals surface area contributed by atoms with Crippen molar-refractivity contribution in [1.82, 2.24) is 10.6 Å². The average molecular weight is 429 g/mol. The third kappa shape index (κ3) is 15.4. The summed E-state index contributed by atoms with van der Waals surface area (Å²) in [6.45, 7) is 4.33. The highest BCUT2D eigenvalue weighted by Crippen LogP contribution is 2.13. The first-order chi connectivity index (χ1) is 15.1. The molecule has 0 fully saturated rings. The summed E-state index contributed by atoms with van der Waals surface area (Å²) in [7, 11) is 0.